The third-order valence-corrected chi connectivity index (χ3v) is 4.25. The number of halogens is 1. The minimum Gasteiger partial charge on any atom is -0.356 e. The van der Waals surface area contributed by atoms with Gasteiger partial charge in [-0.3, -0.25) is 4.79 Å². The van der Waals surface area contributed by atoms with Crippen molar-refractivity contribution in [3.8, 4) is 0 Å². The van der Waals surface area contributed by atoms with Crippen molar-refractivity contribution in [2.75, 3.05) is 12.4 Å². The van der Waals surface area contributed by atoms with Crippen molar-refractivity contribution in [1.29, 1.82) is 0 Å². The molecule has 0 radical (unpaired) electrons. The molecular formula is C14H15ClN2O2. The summed E-state index contributed by atoms with van der Waals surface area (Å²) < 4.78 is 5.18. The molecule has 1 amide bonds. The maximum absolute atomic E-state index is 11.9. The molecule has 3 rings (SSSR count). The van der Waals surface area contributed by atoms with E-state index in [9.17, 15) is 4.79 Å². The largest absolute Gasteiger partial charge is 0.356 e. The van der Waals surface area contributed by atoms with Crippen LogP contribution in [0.5, 0.6) is 0 Å². The lowest BCUT2D eigenvalue weighted by atomic mass is 10.1. The highest BCUT2D eigenvalue weighted by molar-refractivity contribution is 6.18. The van der Waals surface area contributed by atoms with E-state index in [1.54, 1.807) is 0 Å². The molecule has 1 aliphatic rings. The highest BCUT2D eigenvalue weighted by Gasteiger charge is 2.41. The van der Waals surface area contributed by atoms with E-state index in [1.807, 2.05) is 24.3 Å². The number of amides is 1. The number of carbonyl (C=O) groups is 1. The molecule has 0 spiro atoms. The minimum atomic E-state index is -0.0320. The number of nitrogens with zero attached hydrogens (tertiary/aromatic N) is 1. The number of rotatable bonds is 5. The first-order valence-electron chi connectivity index (χ1n) is 6.38. The molecule has 1 fully saturated rings. The van der Waals surface area contributed by atoms with Crippen LogP contribution in [0, 0.1) is 5.41 Å². The van der Waals surface area contributed by atoms with Gasteiger partial charge in [-0.15, -0.1) is 11.6 Å². The van der Waals surface area contributed by atoms with Crippen LogP contribution in [0.3, 0.4) is 0 Å². The van der Waals surface area contributed by atoms with Crippen molar-refractivity contribution in [1.82, 2.24) is 10.5 Å². The van der Waals surface area contributed by atoms with E-state index in [2.05, 4.69) is 10.5 Å². The molecule has 19 heavy (non-hydrogen) atoms. The Morgan fingerprint density at radius 1 is 1.42 bits per heavy atom. The Balaban J connectivity index is 1.63. The van der Waals surface area contributed by atoms with Crippen molar-refractivity contribution < 1.29 is 9.32 Å². The number of para-hydroxylation sites is 1. The van der Waals surface area contributed by atoms with Crippen LogP contribution in [0.25, 0.3) is 11.0 Å². The third kappa shape index (κ3) is 2.59. The standard InChI is InChI=1S/C14H15ClN2O2/c15-8-14(5-6-14)9-16-13(18)7-11-10-3-1-2-4-12(10)19-17-11/h1-4H,5-9H2,(H,16,18). The number of alkyl halides is 1. The smallest absolute Gasteiger partial charge is 0.226 e. The zero-order valence-corrected chi connectivity index (χ0v) is 11.2. The van der Waals surface area contributed by atoms with Gasteiger partial charge in [0.1, 0.15) is 5.69 Å². The van der Waals surface area contributed by atoms with E-state index < -0.39 is 0 Å². The van der Waals surface area contributed by atoms with Crippen molar-refractivity contribution in [3.63, 3.8) is 0 Å². The van der Waals surface area contributed by atoms with Crippen LogP contribution in [-0.4, -0.2) is 23.5 Å². The fourth-order valence-corrected chi connectivity index (χ4v) is 2.46. The minimum absolute atomic E-state index is 0.0320. The van der Waals surface area contributed by atoms with E-state index in [0.717, 1.165) is 18.2 Å². The number of benzene rings is 1. The SMILES string of the molecule is O=C(Cc1noc2ccccc12)NCC1(CCl)CC1. The van der Waals surface area contributed by atoms with Crippen molar-refractivity contribution >= 4 is 28.5 Å². The Morgan fingerprint density at radius 3 is 2.95 bits per heavy atom. The second-order valence-electron chi connectivity index (χ2n) is 5.21. The average molecular weight is 279 g/mol. The molecule has 1 aromatic carbocycles. The average Bonchev–Trinajstić information content (AvgIpc) is 3.13. The van der Waals surface area contributed by atoms with Gasteiger partial charge >= 0.3 is 0 Å². The second kappa shape index (κ2) is 4.85. The third-order valence-electron chi connectivity index (χ3n) is 3.68. The molecule has 2 aromatic rings. The second-order valence-corrected chi connectivity index (χ2v) is 5.48. The molecule has 0 bridgehead atoms. The van der Waals surface area contributed by atoms with Gasteiger partial charge < -0.3 is 9.84 Å². The van der Waals surface area contributed by atoms with E-state index >= 15 is 0 Å². The van der Waals surface area contributed by atoms with Crippen molar-refractivity contribution in [3.05, 3.63) is 30.0 Å². The number of carbonyl (C=O) groups excluding carboxylic acids is 1. The highest BCUT2D eigenvalue weighted by atomic mass is 35.5. The first-order chi connectivity index (χ1) is 9.22. The Hall–Kier alpha value is -1.55. The number of hydrogen-bond donors (Lipinski definition) is 1. The molecule has 1 aliphatic carbocycles. The van der Waals surface area contributed by atoms with Gasteiger partial charge in [0, 0.05) is 23.2 Å². The Morgan fingerprint density at radius 2 is 2.21 bits per heavy atom. The monoisotopic (exact) mass is 278 g/mol. The summed E-state index contributed by atoms with van der Waals surface area (Å²) in [5.74, 6) is 0.579. The van der Waals surface area contributed by atoms with Gasteiger partial charge in [0.15, 0.2) is 5.58 Å². The van der Waals surface area contributed by atoms with E-state index in [0.29, 0.717) is 23.7 Å². The molecule has 1 aromatic heterocycles. The number of nitrogens with one attached hydrogen (secondary N) is 1. The molecule has 1 N–H and O–H groups in total. The van der Waals surface area contributed by atoms with Gasteiger partial charge in [0.25, 0.3) is 0 Å². The van der Waals surface area contributed by atoms with Crippen LogP contribution >= 0.6 is 11.6 Å². The fraction of sp³-hybridized carbons (Fsp3) is 0.429. The van der Waals surface area contributed by atoms with E-state index in [4.69, 9.17) is 16.1 Å². The summed E-state index contributed by atoms with van der Waals surface area (Å²) >= 11 is 5.88. The van der Waals surface area contributed by atoms with Gasteiger partial charge in [0.2, 0.25) is 5.91 Å². The lowest BCUT2D eigenvalue weighted by molar-refractivity contribution is -0.120. The van der Waals surface area contributed by atoms with Crippen LogP contribution in [0.15, 0.2) is 28.8 Å². The molecule has 0 aliphatic heterocycles. The summed E-state index contributed by atoms with van der Waals surface area (Å²) in [5, 5.41) is 7.79. The summed E-state index contributed by atoms with van der Waals surface area (Å²) in [5.41, 5.74) is 1.54. The molecular weight excluding hydrogens is 264 g/mol. The molecule has 1 heterocycles. The first-order valence-corrected chi connectivity index (χ1v) is 6.92. The zero-order chi connectivity index (χ0) is 13.3. The molecule has 4 nitrogen and oxygen atoms in total. The maximum Gasteiger partial charge on any atom is 0.226 e. The number of aromatic nitrogens is 1. The number of hydrogen-bond acceptors (Lipinski definition) is 3. The summed E-state index contributed by atoms with van der Waals surface area (Å²) in [6.07, 6.45) is 2.45. The predicted molar refractivity (Wildman–Crippen MR) is 73.1 cm³/mol. The lowest BCUT2D eigenvalue weighted by Crippen LogP contribution is -2.32. The number of fused-ring (bicyclic) bond motifs is 1. The lowest BCUT2D eigenvalue weighted by Gasteiger charge is -2.11. The van der Waals surface area contributed by atoms with Crippen LogP contribution in [-0.2, 0) is 11.2 Å². The summed E-state index contributed by atoms with van der Waals surface area (Å²) in [4.78, 5) is 11.9. The summed E-state index contributed by atoms with van der Waals surface area (Å²) in [6.45, 7) is 0.658. The summed E-state index contributed by atoms with van der Waals surface area (Å²) in [7, 11) is 0. The van der Waals surface area contributed by atoms with Crippen molar-refractivity contribution in [2.24, 2.45) is 5.41 Å². The van der Waals surface area contributed by atoms with Crippen LogP contribution < -0.4 is 5.32 Å². The zero-order valence-electron chi connectivity index (χ0n) is 10.5. The van der Waals surface area contributed by atoms with Gasteiger partial charge in [0.05, 0.1) is 6.42 Å². The van der Waals surface area contributed by atoms with E-state index in [1.165, 1.54) is 0 Å². The quantitative estimate of drug-likeness (QED) is 0.855. The molecule has 0 unspecified atom stereocenters. The molecule has 5 heteroatoms. The normalized spacial score (nSPS) is 16.5. The van der Waals surface area contributed by atoms with E-state index in [-0.39, 0.29) is 17.7 Å². The van der Waals surface area contributed by atoms with Crippen LogP contribution in [0.4, 0.5) is 0 Å². The van der Waals surface area contributed by atoms with Gasteiger partial charge in [-0.1, -0.05) is 17.3 Å². The fourth-order valence-electron chi connectivity index (χ4n) is 2.10. The predicted octanol–water partition coefficient (Wildman–Crippen LogP) is 2.51. The van der Waals surface area contributed by atoms with Crippen LogP contribution in [0.1, 0.15) is 18.5 Å². The van der Waals surface area contributed by atoms with Crippen molar-refractivity contribution in [2.45, 2.75) is 19.3 Å². The topological polar surface area (TPSA) is 55.1 Å². The molecule has 1 saturated carbocycles. The Labute approximate surface area is 116 Å². The molecule has 0 atom stereocenters. The van der Waals surface area contributed by atoms with Gasteiger partial charge in [-0.2, -0.15) is 0 Å². The van der Waals surface area contributed by atoms with Gasteiger partial charge in [-0.25, -0.2) is 0 Å². The summed E-state index contributed by atoms with van der Waals surface area (Å²) in [6, 6.07) is 7.55. The Kier molecular flexibility index (Phi) is 3.19. The van der Waals surface area contributed by atoms with Crippen LogP contribution in [0.2, 0.25) is 0 Å². The first kappa shape index (κ1) is 12.5. The van der Waals surface area contributed by atoms with Gasteiger partial charge in [-0.05, 0) is 25.0 Å². The maximum atomic E-state index is 11.9. The molecule has 0 saturated heterocycles. The molecule has 100 valence electrons. The Bertz CT molecular complexity index is 604. The highest BCUT2D eigenvalue weighted by Crippen LogP contribution is 2.45.